The van der Waals surface area contributed by atoms with E-state index in [0.29, 0.717) is 24.3 Å². The van der Waals surface area contributed by atoms with E-state index < -0.39 is 11.9 Å². The van der Waals surface area contributed by atoms with Crippen molar-refractivity contribution in [3.8, 4) is 11.5 Å². The largest absolute Gasteiger partial charge is 0.512 e. The summed E-state index contributed by atoms with van der Waals surface area (Å²) in [5.74, 6) is 1.50. The highest BCUT2D eigenvalue weighted by Crippen LogP contribution is 2.47. The van der Waals surface area contributed by atoms with E-state index in [1.165, 1.54) is 11.1 Å². The Morgan fingerprint density at radius 3 is 2.55 bits per heavy atom. The van der Waals surface area contributed by atoms with Crippen LogP contribution in [0, 0.1) is 19.8 Å². The lowest BCUT2D eigenvalue weighted by atomic mass is 9.76. The Bertz CT molecular complexity index is 1370. The molecule has 9 nitrogen and oxygen atoms in total. The lowest BCUT2D eigenvalue weighted by Crippen LogP contribution is -2.48. The minimum atomic E-state index is -1.26. The molecule has 0 saturated heterocycles. The van der Waals surface area contributed by atoms with E-state index >= 15 is 0 Å². The van der Waals surface area contributed by atoms with Gasteiger partial charge in [-0.15, -0.1) is 0 Å². The zero-order chi connectivity index (χ0) is 28.3. The standard InChI is InChI=1S/C31H39N5O4/c1-4-22-16-21(9-10-24(22)28-33-13-14-39-28)11-12-31(23-7-5-6-8-23)18-26(37)25(29(38)40-31)17-27(32)36-30-34-19(2)15-20(3)35-30/h9-10,13-16,23,29,37-38H,4-8,11-12,17-18H2,1-3H3,(H2,32,34,35,36). The lowest BCUT2D eigenvalue weighted by molar-refractivity contribution is -0.206. The molecular formula is C31H39N5O4. The van der Waals surface area contributed by atoms with Gasteiger partial charge in [0, 0.05) is 35.4 Å². The van der Waals surface area contributed by atoms with Crippen LogP contribution in [0.5, 0.6) is 0 Å². The SMILES string of the molecule is CCc1cc(CCC2(C3CCCC3)CC(O)=C(CC(N)=Nc3nc(C)cc(C)n3)C(O)O2)ccc1-c1ncco1. The fraction of sp³-hybridized carbons (Fsp3) is 0.484. The van der Waals surface area contributed by atoms with E-state index in [1.54, 1.807) is 12.5 Å². The summed E-state index contributed by atoms with van der Waals surface area (Å²) in [5.41, 5.74) is 10.8. The number of aliphatic hydroxyl groups excluding tert-OH is 2. The number of hydrogen-bond donors (Lipinski definition) is 3. The summed E-state index contributed by atoms with van der Waals surface area (Å²) >= 11 is 0. The molecule has 0 amide bonds. The van der Waals surface area contributed by atoms with Crippen LogP contribution in [0.2, 0.25) is 0 Å². The number of hydrogen-bond acceptors (Lipinski definition) is 8. The van der Waals surface area contributed by atoms with Gasteiger partial charge in [-0.2, -0.15) is 4.99 Å². The number of benzene rings is 1. The van der Waals surface area contributed by atoms with Crippen molar-refractivity contribution in [1.82, 2.24) is 15.0 Å². The topological polar surface area (TPSA) is 140 Å². The predicted molar refractivity (Wildman–Crippen MR) is 153 cm³/mol. The third-order valence-corrected chi connectivity index (χ3v) is 8.22. The van der Waals surface area contributed by atoms with Crippen molar-refractivity contribution in [2.45, 2.75) is 90.4 Å². The van der Waals surface area contributed by atoms with Crippen molar-refractivity contribution in [2.75, 3.05) is 0 Å². The van der Waals surface area contributed by atoms with E-state index in [1.807, 2.05) is 19.9 Å². The van der Waals surface area contributed by atoms with Crippen LogP contribution in [0.25, 0.3) is 11.5 Å². The van der Waals surface area contributed by atoms with Crippen molar-refractivity contribution >= 4 is 11.8 Å². The Balaban J connectivity index is 1.36. The van der Waals surface area contributed by atoms with Gasteiger partial charge in [-0.3, -0.25) is 0 Å². The van der Waals surface area contributed by atoms with Crippen LogP contribution in [-0.2, 0) is 17.6 Å². The molecule has 1 aliphatic carbocycles. The third-order valence-electron chi connectivity index (χ3n) is 8.22. The molecule has 2 aliphatic rings. The average Bonchev–Trinajstić information content (AvgIpc) is 3.64. The van der Waals surface area contributed by atoms with Crippen molar-refractivity contribution in [3.05, 3.63) is 70.6 Å². The zero-order valence-electron chi connectivity index (χ0n) is 23.6. The molecule has 4 N–H and O–H groups in total. The van der Waals surface area contributed by atoms with Crippen molar-refractivity contribution in [2.24, 2.45) is 16.6 Å². The number of nitrogens with two attached hydrogens (primary N) is 1. The number of ether oxygens (including phenoxy) is 1. The minimum absolute atomic E-state index is 0.0756. The maximum absolute atomic E-state index is 11.2. The van der Waals surface area contributed by atoms with Gasteiger partial charge in [-0.25, -0.2) is 15.0 Å². The number of aromatic nitrogens is 3. The maximum atomic E-state index is 11.2. The summed E-state index contributed by atoms with van der Waals surface area (Å²) in [7, 11) is 0. The summed E-state index contributed by atoms with van der Waals surface area (Å²) in [5, 5.41) is 22.4. The molecule has 0 spiro atoms. The van der Waals surface area contributed by atoms with Gasteiger partial charge in [0.2, 0.25) is 5.89 Å². The van der Waals surface area contributed by atoms with Crippen molar-refractivity contribution in [3.63, 3.8) is 0 Å². The van der Waals surface area contributed by atoms with Crippen LogP contribution in [-0.4, -0.2) is 42.9 Å². The van der Waals surface area contributed by atoms with E-state index in [-0.39, 0.29) is 29.9 Å². The second-order valence-electron chi connectivity index (χ2n) is 11.1. The maximum Gasteiger partial charge on any atom is 0.251 e. The first kappa shape index (κ1) is 28.0. The van der Waals surface area contributed by atoms with E-state index in [9.17, 15) is 10.2 Å². The first-order chi connectivity index (χ1) is 19.3. The van der Waals surface area contributed by atoms with E-state index in [0.717, 1.165) is 55.5 Å². The quantitative estimate of drug-likeness (QED) is 0.226. The summed E-state index contributed by atoms with van der Waals surface area (Å²) in [4.78, 5) is 17.2. The van der Waals surface area contributed by atoms with Gasteiger partial charge in [-0.1, -0.05) is 31.9 Å². The summed E-state index contributed by atoms with van der Waals surface area (Å²) in [6.45, 7) is 5.86. The molecule has 1 aliphatic heterocycles. The molecule has 3 aromatic rings. The van der Waals surface area contributed by atoms with Crippen LogP contribution in [0.3, 0.4) is 0 Å². The van der Waals surface area contributed by atoms with Crippen LogP contribution < -0.4 is 5.73 Å². The average molecular weight is 546 g/mol. The second-order valence-corrected chi connectivity index (χ2v) is 11.1. The van der Waals surface area contributed by atoms with Crippen LogP contribution in [0.1, 0.15) is 74.4 Å². The zero-order valence-corrected chi connectivity index (χ0v) is 23.6. The van der Waals surface area contributed by atoms with Gasteiger partial charge in [0.05, 0.1) is 17.6 Å². The molecule has 9 heteroatoms. The molecule has 3 heterocycles. The molecule has 0 radical (unpaired) electrons. The highest BCUT2D eigenvalue weighted by Gasteiger charge is 2.47. The van der Waals surface area contributed by atoms with Gasteiger partial charge < -0.3 is 25.1 Å². The Labute approximate surface area is 235 Å². The number of aliphatic hydroxyl groups is 2. The molecule has 40 heavy (non-hydrogen) atoms. The number of rotatable bonds is 9. The Hall–Kier alpha value is -3.56. The molecule has 1 saturated carbocycles. The number of nitrogens with zero attached hydrogens (tertiary/aromatic N) is 4. The predicted octanol–water partition coefficient (Wildman–Crippen LogP) is 5.80. The molecule has 2 atom stereocenters. The molecule has 212 valence electrons. The fourth-order valence-corrected chi connectivity index (χ4v) is 6.24. The lowest BCUT2D eigenvalue weighted by Gasteiger charge is -2.44. The summed E-state index contributed by atoms with van der Waals surface area (Å²) in [6, 6.07) is 8.23. The first-order valence-electron chi connectivity index (χ1n) is 14.2. The highest BCUT2D eigenvalue weighted by molar-refractivity contribution is 5.84. The Morgan fingerprint density at radius 2 is 1.90 bits per heavy atom. The second kappa shape index (κ2) is 11.9. The summed E-state index contributed by atoms with van der Waals surface area (Å²) in [6.07, 6.45) is 9.01. The van der Waals surface area contributed by atoms with Crippen molar-refractivity contribution in [1.29, 1.82) is 0 Å². The molecule has 2 unspecified atom stereocenters. The van der Waals surface area contributed by atoms with Crippen LogP contribution in [0.4, 0.5) is 5.95 Å². The summed E-state index contributed by atoms with van der Waals surface area (Å²) < 4.78 is 12.0. The molecule has 1 fully saturated rings. The van der Waals surface area contributed by atoms with Crippen LogP contribution in [0.15, 0.2) is 57.5 Å². The van der Waals surface area contributed by atoms with Crippen molar-refractivity contribution < 1.29 is 19.4 Å². The number of amidine groups is 1. The molecule has 5 rings (SSSR count). The number of oxazole rings is 1. The van der Waals surface area contributed by atoms with Gasteiger partial charge in [0.25, 0.3) is 5.95 Å². The molecule has 0 bridgehead atoms. The molecule has 1 aromatic carbocycles. The fourth-order valence-electron chi connectivity index (χ4n) is 6.24. The normalized spacial score (nSPS) is 22.3. The van der Waals surface area contributed by atoms with E-state index in [4.69, 9.17) is 14.9 Å². The van der Waals surface area contributed by atoms with Gasteiger partial charge in [0.1, 0.15) is 12.1 Å². The number of aryl methyl sites for hydroxylation is 4. The Morgan fingerprint density at radius 1 is 1.15 bits per heavy atom. The third kappa shape index (κ3) is 6.10. The highest BCUT2D eigenvalue weighted by atomic mass is 16.6. The smallest absolute Gasteiger partial charge is 0.251 e. The van der Waals surface area contributed by atoms with Gasteiger partial charge in [-0.05, 0) is 75.1 Å². The number of aliphatic imine (C=N–C) groups is 1. The van der Waals surface area contributed by atoms with E-state index in [2.05, 4.69) is 45.1 Å². The van der Waals surface area contributed by atoms with Gasteiger partial charge >= 0.3 is 0 Å². The molecular weight excluding hydrogens is 506 g/mol. The Kier molecular flexibility index (Phi) is 8.32. The minimum Gasteiger partial charge on any atom is -0.512 e. The molecule has 2 aromatic heterocycles. The van der Waals surface area contributed by atoms with Crippen LogP contribution >= 0.6 is 0 Å². The monoisotopic (exact) mass is 545 g/mol. The van der Waals surface area contributed by atoms with Gasteiger partial charge in [0.15, 0.2) is 6.29 Å². The first-order valence-corrected chi connectivity index (χ1v) is 14.2.